The van der Waals surface area contributed by atoms with E-state index in [1.165, 1.54) is 5.56 Å². The lowest BCUT2D eigenvalue weighted by atomic mass is 10.0. The molecular weight excluding hydrogens is 262 g/mol. The van der Waals surface area contributed by atoms with Crippen molar-refractivity contribution in [2.45, 2.75) is 25.3 Å². The monoisotopic (exact) mass is 283 g/mol. The second-order valence-corrected chi connectivity index (χ2v) is 5.45. The lowest BCUT2D eigenvalue weighted by Crippen LogP contribution is -2.30. The zero-order chi connectivity index (χ0) is 14.7. The van der Waals surface area contributed by atoms with Crippen molar-refractivity contribution in [1.29, 1.82) is 0 Å². The third-order valence-corrected chi connectivity index (χ3v) is 4.08. The Morgan fingerprint density at radius 2 is 2.14 bits per heavy atom. The van der Waals surface area contributed by atoms with Gasteiger partial charge in [-0.15, -0.1) is 0 Å². The fourth-order valence-corrected chi connectivity index (χ4v) is 2.98. The van der Waals surface area contributed by atoms with Crippen molar-refractivity contribution in [2.24, 2.45) is 11.8 Å². The number of nitrogens with one attached hydrogen (secondary N) is 1. The summed E-state index contributed by atoms with van der Waals surface area (Å²) in [6.07, 6.45) is 4.76. The minimum Gasteiger partial charge on any atom is -0.492 e. The number of hydrogen-bond acceptors (Lipinski definition) is 4. The Labute approximate surface area is 125 Å². The average molecular weight is 283 g/mol. The molecule has 4 nitrogen and oxygen atoms in total. The van der Waals surface area contributed by atoms with Crippen LogP contribution >= 0.6 is 0 Å². The molecule has 1 saturated carbocycles. The Bertz CT molecular complexity index is 588. The van der Waals surface area contributed by atoms with Crippen LogP contribution < -0.4 is 16.0 Å². The summed E-state index contributed by atoms with van der Waals surface area (Å²) >= 11 is 0. The van der Waals surface area contributed by atoms with Crippen molar-refractivity contribution >= 4 is 0 Å². The van der Waals surface area contributed by atoms with Gasteiger partial charge >= 0.3 is 0 Å². The highest BCUT2D eigenvalue weighted by atomic mass is 16.5. The summed E-state index contributed by atoms with van der Waals surface area (Å²) in [5, 5.41) is 0. The van der Waals surface area contributed by atoms with E-state index in [-0.39, 0.29) is 6.04 Å². The molecule has 0 aliphatic heterocycles. The van der Waals surface area contributed by atoms with E-state index in [0.717, 1.165) is 17.7 Å². The summed E-state index contributed by atoms with van der Waals surface area (Å²) in [4.78, 5) is 4.26. The molecule has 0 radical (unpaired) electrons. The predicted molar refractivity (Wildman–Crippen MR) is 82.8 cm³/mol. The topological polar surface area (TPSA) is 60.2 Å². The van der Waals surface area contributed by atoms with Gasteiger partial charge in [-0.25, -0.2) is 0 Å². The summed E-state index contributed by atoms with van der Waals surface area (Å²) in [6.45, 7) is 2.61. The molecule has 3 N–H and O–H groups in total. The maximum atomic E-state index is 5.79. The highest BCUT2D eigenvalue weighted by Gasteiger charge is 2.44. The molecule has 1 heterocycles. The number of rotatable bonds is 6. The van der Waals surface area contributed by atoms with Gasteiger partial charge in [0, 0.05) is 6.20 Å². The van der Waals surface area contributed by atoms with Gasteiger partial charge in [-0.1, -0.05) is 30.3 Å². The van der Waals surface area contributed by atoms with Crippen LogP contribution in [0.25, 0.3) is 0 Å². The third-order valence-electron chi connectivity index (χ3n) is 4.08. The fourth-order valence-electron chi connectivity index (χ4n) is 2.98. The van der Waals surface area contributed by atoms with Gasteiger partial charge in [0.05, 0.1) is 18.8 Å². The summed E-state index contributed by atoms with van der Waals surface area (Å²) < 4.78 is 5.52. The highest BCUT2D eigenvalue weighted by molar-refractivity contribution is 5.32. The van der Waals surface area contributed by atoms with Gasteiger partial charge in [0.15, 0.2) is 0 Å². The Hall–Kier alpha value is -1.91. The van der Waals surface area contributed by atoms with Gasteiger partial charge in [-0.3, -0.25) is 16.3 Å². The number of hydrazine groups is 1. The number of nitrogens with zero attached hydrogens (tertiary/aromatic N) is 1. The van der Waals surface area contributed by atoms with Crippen LogP contribution in [-0.2, 0) is 0 Å². The normalized spacial score (nSPS) is 21.8. The van der Waals surface area contributed by atoms with Crippen molar-refractivity contribution in [3.05, 3.63) is 59.9 Å². The van der Waals surface area contributed by atoms with Crippen molar-refractivity contribution in [2.75, 3.05) is 6.61 Å². The molecule has 1 fully saturated rings. The largest absolute Gasteiger partial charge is 0.492 e. The van der Waals surface area contributed by atoms with Gasteiger partial charge in [-0.05, 0) is 42.4 Å². The van der Waals surface area contributed by atoms with Crippen molar-refractivity contribution in [3.8, 4) is 5.75 Å². The second-order valence-electron chi connectivity index (χ2n) is 5.45. The molecular formula is C17H21N3O. The van der Waals surface area contributed by atoms with Crippen LogP contribution in [0.3, 0.4) is 0 Å². The molecule has 1 aromatic heterocycles. The van der Waals surface area contributed by atoms with E-state index < -0.39 is 0 Å². The number of ether oxygens (including phenoxy) is 1. The Balaban J connectivity index is 1.76. The Kier molecular flexibility index (Phi) is 4.18. The predicted octanol–water partition coefficient (Wildman–Crippen LogP) is 2.79. The Morgan fingerprint density at radius 3 is 2.86 bits per heavy atom. The smallest absolute Gasteiger partial charge is 0.137 e. The van der Waals surface area contributed by atoms with Gasteiger partial charge in [0.2, 0.25) is 0 Å². The second kappa shape index (κ2) is 6.24. The highest BCUT2D eigenvalue weighted by Crippen LogP contribution is 2.53. The first kappa shape index (κ1) is 14.0. The van der Waals surface area contributed by atoms with Crippen molar-refractivity contribution in [1.82, 2.24) is 10.4 Å². The van der Waals surface area contributed by atoms with Crippen LogP contribution in [0, 0.1) is 5.92 Å². The molecule has 21 heavy (non-hydrogen) atoms. The lowest BCUT2D eigenvalue weighted by molar-refractivity contribution is 0.337. The molecule has 3 rings (SSSR count). The summed E-state index contributed by atoms with van der Waals surface area (Å²) in [5.74, 6) is 7.67. The van der Waals surface area contributed by atoms with Crippen LogP contribution in [0.1, 0.15) is 36.4 Å². The number of aromatic nitrogens is 1. The number of benzene rings is 1. The van der Waals surface area contributed by atoms with E-state index in [4.69, 9.17) is 10.6 Å². The molecule has 1 aliphatic rings. The van der Waals surface area contributed by atoms with Crippen LogP contribution in [0.15, 0.2) is 48.8 Å². The number of pyridine rings is 1. The Morgan fingerprint density at radius 1 is 1.33 bits per heavy atom. The van der Waals surface area contributed by atoms with Crippen molar-refractivity contribution < 1.29 is 4.74 Å². The maximum absolute atomic E-state index is 5.79. The molecule has 3 atom stereocenters. The zero-order valence-electron chi connectivity index (χ0n) is 12.2. The van der Waals surface area contributed by atoms with E-state index in [1.54, 1.807) is 6.20 Å². The van der Waals surface area contributed by atoms with Gasteiger partial charge in [0.25, 0.3) is 0 Å². The molecule has 1 aliphatic carbocycles. The van der Waals surface area contributed by atoms with E-state index >= 15 is 0 Å². The fraction of sp³-hybridized carbons (Fsp3) is 0.353. The van der Waals surface area contributed by atoms with E-state index in [2.05, 4.69) is 40.7 Å². The first-order valence-corrected chi connectivity index (χ1v) is 7.42. The summed E-state index contributed by atoms with van der Waals surface area (Å²) in [7, 11) is 0. The minimum absolute atomic E-state index is 0.114. The molecule has 0 amide bonds. The average Bonchev–Trinajstić information content (AvgIpc) is 3.30. The van der Waals surface area contributed by atoms with Gasteiger partial charge in [-0.2, -0.15) is 0 Å². The van der Waals surface area contributed by atoms with Crippen LogP contribution in [-0.4, -0.2) is 11.6 Å². The van der Waals surface area contributed by atoms with E-state index in [9.17, 15) is 0 Å². The molecule has 0 saturated heterocycles. The zero-order valence-corrected chi connectivity index (χ0v) is 12.2. The van der Waals surface area contributed by atoms with Crippen LogP contribution in [0.4, 0.5) is 0 Å². The summed E-state index contributed by atoms with van der Waals surface area (Å²) in [5.41, 5.74) is 5.43. The SMILES string of the molecule is CCOc1cncc(C(NN)C2CC2c2ccccc2)c1. The summed E-state index contributed by atoms with van der Waals surface area (Å²) in [6, 6.07) is 12.7. The van der Waals surface area contributed by atoms with E-state index in [0.29, 0.717) is 18.4 Å². The molecule has 1 aromatic carbocycles. The minimum atomic E-state index is 0.114. The third kappa shape index (κ3) is 3.06. The molecule has 0 bridgehead atoms. The first-order valence-electron chi connectivity index (χ1n) is 7.42. The quantitative estimate of drug-likeness (QED) is 0.632. The first-order chi connectivity index (χ1) is 10.3. The standard InChI is InChI=1S/C17H21N3O/c1-2-21-14-8-13(10-19-11-14)17(20-18)16-9-15(16)12-6-4-3-5-7-12/h3-8,10-11,15-17,20H,2,9,18H2,1H3. The van der Waals surface area contributed by atoms with Crippen molar-refractivity contribution in [3.63, 3.8) is 0 Å². The molecule has 3 unspecified atom stereocenters. The number of nitrogens with two attached hydrogens (primary N) is 1. The van der Waals surface area contributed by atoms with Gasteiger partial charge in [0.1, 0.15) is 5.75 Å². The molecule has 4 heteroatoms. The van der Waals surface area contributed by atoms with Crippen LogP contribution in [0.2, 0.25) is 0 Å². The molecule has 0 spiro atoms. The molecule has 2 aromatic rings. The lowest BCUT2D eigenvalue weighted by Gasteiger charge is -2.17. The van der Waals surface area contributed by atoms with E-state index in [1.807, 2.05) is 19.2 Å². The van der Waals surface area contributed by atoms with Crippen LogP contribution in [0.5, 0.6) is 5.75 Å². The van der Waals surface area contributed by atoms with Gasteiger partial charge < -0.3 is 4.74 Å². The molecule has 110 valence electrons. The maximum Gasteiger partial charge on any atom is 0.137 e. The number of hydrogen-bond donors (Lipinski definition) is 2.